The van der Waals surface area contributed by atoms with Crippen molar-refractivity contribution in [1.82, 2.24) is 24.8 Å². The smallest absolute Gasteiger partial charge is 0.235 e. The molecule has 108 valence electrons. The minimum Gasteiger partial charge on any atom is -0.264 e. The van der Waals surface area contributed by atoms with Gasteiger partial charge in [-0.3, -0.25) is 4.98 Å². The van der Waals surface area contributed by atoms with Crippen molar-refractivity contribution in [2.24, 2.45) is 0 Å². The Morgan fingerprint density at radius 2 is 2.05 bits per heavy atom. The number of benzene rings is 1. The van der Waals surface area contributed by atoms with E-state index in [1.807, 2.05) is 6.07 Å². The molecule has 1 aromatic carbocycles. The van der Waals surface area contributed by atoms with Gasteiger partial charge in [-0.05, 0) is 24.3 Å². The van der Waals surface area contributed by atoms with Gasteiger partial charge in [-0.2, -0.15) is 9.61 Å². The van der Waals surface area contributed by atoms with Crippen LogP contribution in [0.2, 0.25) is 5.02 Å². The Morgan fingerprint density at radius 1 is 1.14 bits per heavy atom. The lowest BCUT2D eigenvalue weighted by molar-refractivity contribution is 0.631. The minimum atomic E-state index is -0.416. The van der Waals surface area contributed by atoms with Crippen LogP contribution in [-0.2, 0) is 0 Å². The van der Waals surface area contributed by atoms with Crippen molar-refractivity contribution in [3.8, 4) is 22.0 Å². The van der Waals surface area contributed by atoms with E-state index in [4.69, 9.17) is 11.6 Å². The zero-order chi connectivity index (χ0) is 15.1. The molecule has 0 radical (unpaired) electrons. The molecule has 0 unspecified atom stereocenters. The van der Waals surface area contributed by atoms with Crippen molar-refractivity contribution in [3.05, 3.63) is 53.6 Å². The lowest BCUT2D eigenvalue weighted by Crippen LogP contribution is -1.92. The summed E-state index contributed by atoms with van der Waals surface area (Å²) in [4.78, 5) is 4.62. The second-order valence-electron chi connectivity index (χ2n) is 4.46. The van der Waals surface area contributed by atoms with Crippen LogP contribution >= 0.6 is 22.9 Å². The summed E-state index contributed by atoms with van der Waals surface area (Å²) in [5.74, 6) is 0.137. The van der Waals surface area contributed by atoms with Crippen LogP contribution in [-0.4, -0.2) is 24.8 Å². The molecular weight excluding hydrogens is 325 g/mol. The summed E-state index contributed by atoms with van der Waals surface area (Å²) in [6.45, 7) is 0. The van der Waals surface area contributed by atoms with E-state index in [0.717, 1.165) is 5.56 Å². The van der Waals surface area contributed by atoms with Crippen LogP contribution in [0.15, 0.2) is 42.7 Å². The Balaban J connectivity index is 1.91. The third-order valence-corrected chi connectivity index (χ3v) is 4.32. The van der Waals surface area contributed by atoms with Crippen LogP contribution in [0.4, 0.5) is 4.39 Å². The Hall–Kier alpha value is -2.38. The highest BCUT2D eigenvalue weighted by Gasteiger charge is 2.18. The zero-order valence-corrected chi connectivity index (χ0v) is 12.5. The first-order chi connectivity index (χ1) is 10.7. The monoisotopic (exact) mass is 331 g/mol. The average molecular weight is 332 g/mol. The van der Waals surface area contributed by atoms with Crippen molar-refractivity contribution in [2.75, 3.05) is 0 Å². The fraction of sp³-hybridized carbons (Fsp3) is 0. The van der Waals surface area contributed by atoms with E-state index >= 15 is 0 Å². The summed E-state index contributed by atoms with van der Waals surface area (Å²) in [5, 5.41) is 13.3. The SMILES string of the molecule is Fc1cccc(Cl)c1-c1nn2c(-c3cccnc3)nnc2s1. The standard InChI is InChI=1S/C14H7ClFN5S/c15-9-4-1-5-10(16)11(9)13-20-21-12(18-19-14(21)22-13)8-3-2-6-17-7-8/h1-7H. The molecule has 0 spiro atoms. The number of hydrogen-bond acceptors (Lipinski definition) is 5. The van der Waals surface area contributed by atoms with Crippen LogP contribution in [0, 0.1) is 5.82 Å². The molecule has 0 bridgehead atoms. The maximum atomic E-state index is 14.0. The van der Waals surface area contributed by atoms with Gasteiger partial charge in [-0.1, -0.05) is 29.0 Å². The third-order valence-electron chi connectivity index (χ3n) is 3.09. The quantitative estimate of drug-likeness (QED) is 0.562. The first kappa shape index (κ1) is 13.3. The third kappa shape index (κ3) is 2.06. The van der Waals surface area contributed by atoms with E-state index in [9.17, 15) is 4.39 Å². The van der Waals surface area contributed by atoms with Gasteiger partial charge in [0.1, 0.15) is 5.82 Å². The number of nitrogens with zero attached hydrogens (tertiary/aromatic N) is 5. The van der Waals surface area contributed by atoms with E-state index in [2.05, 4.69) is 20.3 Å². The fourth-order valence-electron chi connectivity index (χ4n) is 2.10. The van der Waals surface area contributed by atoms with Crippen molar-refractivity contribution < 1.29 is 4.39 Å². The van der Waals surface area contributed by atoms with Gasteiger partial charge in [0.05, 0.1) is 10.6 Å². The van der Waals surface area contributed by atoms with E-state index in [1.54, 1.807) is 35.1 Å². The summed E-state index contributed by atoms with van der Waals surface area (Å²) in [6.07, 6.45) is 3.35. The van der Waals surface area contributed by atoms with Gasteiger partial charge in [-0.15, -0.1) is 10.2 Å². The average Bonchev–Trinajstić information content (AvgIpc) is 3.08. The topological polar surface area (TPSA) is 56.0 Å². The predicted octanol–water partition coefficient (Wildman–Crippen LogP) is 3.71. The van der Waals surface area contributed by atoms with Crippen LogP contribution < -0.4 is 0 Å². The van der Waals surface area contributed by atoms with Crippen LogP contribution in [0.3, 0.4) is 0 Å². The van der Waals surface area contributed by atoms with Crippen LogP contribution in [0.1, 0.15) is 0 Å². The summed E-state index contributed by atoms with van der Waals surface area (Å²) in [6, 6.07) is 8.20. The van der Waals surface area contributed by atoms with E-state index in [0.29, 0.717) is 20.8 Å². The summed E-state index contributed by atoms with van der Waals surface area (Å²) >= 11 is 7.31. The molecule has 0 fully saturated rings. The van der Waals surface area contributed by atoms with Gasteiger partial charge in [0, 0.05) is 18.0 Å². The van der Waals surface area contributed by atoms with E-state index < -0.39 is 5.82 Å². The van der Waals surface area contributed by atoms with Gasteiger partial charge in [0.2, 0.25) is 4.96 Å². The lowest BCUT2D eigenvalue weighted by Gasteiger charge is -2.00. The normalized spacial score (nSPS) is 11.2. The summed E-state index contributed by atoms with van der Waals surface area (Å²) in [5.41, 5.74) is 1.06. The molecule has 8 heteroatoms. The molecule has 5 nitrogen and oxygen atoms in total. The Labute approximate surface area is 133 Å². The first-order valence-corrected chi connectivity index (χ1v) is 7.50. The largest absolute Gasteiger partial charge is 0.264 e. The van der Waals surface area contributed by atoms with E-state index in [1.165, 1.54) is 17.4 Å². The maximum Gasteiger partial charge on any atom is 0.235 e. The maximum absolute atomic E-state index is 14.0. The van der Waals surface area contributed by atoms with Crippen molar-refractivity contribution in [3.63, 3.8) is 0 Å². The molecular formula is C14H7ClFN5S. The van der Waals surface area contributed by atoms with Crippen LogP contribution in [0.5, 0.6) is 0 Å². The fourth-order valence-corrected chi connectivity index (χ4v) is 3.30. The van der Waals surface area contributed by atoms with Gasteiger partial charge in [-0.25, -0.2) is 4.39 Å². The lowest BCUT2D eigenvalue weighted by atomic mass is 10.2. The van der Waals surface area contributed by atoms with Crippen molar-refractivity contribution in [2.45, 2.75) is 0 Å². The van der Waals surface area contributed by atoms with Gasteiger partial charge < -0.3 is 0 Å². The van der Waals surface area contributed by atoms with Crippen molar-refractivity contribution in [1.29, 1.82) is 0 Å². The molecule has 0 aliphatic carbocycles. The molecule has 0 saturated heterocycles. The Morgan fingerprint density at radius 3 is 2.82 bits per heavy atom. The zero-order valence-electron chi connectivity index (χ0n) is 10.9. The molecule has 0 aliphatic heterocycles. The number of fused-ring (bicyclic) bond motifs is 1. The van der Waals surface area contributed by atoms with Gasteiger partial charge in [0.25, 0.3) is 0 Å². The highest BCUT2D eigenvalue weighted by atomic mass is 35.5. The molecule has 0 N–H and O–H groups in total. The molecule has 0 atom stereocenters. The van der Waals surface area contributed by atoms with Gasteiger partial charge in [0.15, 0.2) is 10.8 Å². The minimum absolute atomic E-state index is 0.275. The predicted molar refractivity (Wildman–Crippen MR) is 82.3 cm³/mol. The number of hydrogen-bond donors (Lipinski definition) is 0. The number of halogens is 2. The molecule has 0 amide bonds. The molecule has 0 saturated carbocycles. The molecule has 0 aliphatic rings. The summed E-state index contributed by atoms with van der Waals surface area (Å²) < 4.78 is 15.6. The molecule has 4 rings (SSSR count). The highest BCUT2D eigenvalue weighted by molar-refractivity contribution is 7.19. The first-order valence-electron chi connectivity index (χ1n) is 6.31. The molecule has 3 heterocycles. The number of aromatic nitrogens is 5. The second-order valence-corrected chi connectivity index (χ2v) is 5.83. The highest BCUT2D eigenvalue weighted by Crippen LogP contribution is 2.34. The molecule has 22 heavy (non-hydrogen) atoms. The second kappa shape index (κ2) is 5.11. The Bertz CT molecular complexity index is 946. The number of rotatable bonds is 2. The molecule has 3 aromatic heterocycles. The molecule has 4 aromatic rings. The van der Waals surface area contributed by atoms with E-state index in [-0.39, 0.29) is 5.56 Å². The van der Waals surface area contributed by atoms with Crippen LogP contribution in [0.25, 0.3) is 26.9 Å². The Kier molecular flexibility index (Phi) is 3.09. The van der Waals surface area contributed by atoms with Crippen molar-refractivity contribution >= 4 is 27.9 Å². The summed E-state index contributed by atoms with van der Waals surface area (Å²) in [7, 11) is 0. The number of pyridine rings is 1. The van der Waals surface area contributed by atoms with Gasteiger partial charge >= 0.3 is 0 Å².